The molecule has 0 fully saturated rings. The van der Waals surface area contributed by atoms with Crippen molar-refractivity contribution in [1.29, 1.82) is 0 Å². The molecular weight excluding hydrogens is 126 g/mol. The van der Waals surface area contributed by atoms with Crippen molar-refractivity contribution >= 4 is 0 Å². The highest BCUT2D eigenvalue weighted by Crippen LogP contribution is 2.10. The van der Waals surface area contributed by atoms with Gasteiger partial charge >= 0.3 is 0 Å². The number of rotatable bonds is 1. The first-order chi connectivity index (χ1) is 7.05. The molecule has 0 unspecified atom stereocenters. The van der Waals surface area contributed by atoms with Gasteiger partial charge in [0, 0.05) is 21.1 Å². The van der Waals surface area contributed by atoms with Gasteiger partial charge in [0.05, 0.1) is 0 Å². The van der Waals surface area contributed by atoms with Crippen LogP contribution in [0.3, 0.4) is 0 Å². The Labute approximate surface area is 69.5 Å². The summed E-state index contributed by atoms with van der Waals surface area (Å²) in [7, 11) is 0. The van der Waals surface area contributed by atoms with E-state index >= 15 is 0 Å². The van der Waals surface area contributed by atoms with Gasteiger partial charge in [-0.15, -0.1) is 10.2 Å². The second-order valence-electron chi connectivity index (χ2n) is 2.37. The summed E-state index contributed by atoms with van der Waals surface area (Å²) in [5.41, 5.74) is 0. The van der Waals surface area contributed by atoms with Gasteiger partial charge in [-0.1, -0.05) is 13.8 Å². The standard InChI is InChI=1S/C7H13N3/c1-5(2)7-9-8-6(3)10(7)4/h5H,1-4H3/i3D3,4D3. The van der Waals surface area contributed by atoms with Crippen LogP contribution in [0.1, 0.15) is 39.6 Å². The highest BCUT2D eigenvalue weighted by molar-refractivity contribution is 4.96. The maximum absolute atomic E-state index is 7.31. The third kappa shape index (κ3) is 1.03. The molecule has 1 aromatic rings. The molecule has 10 heavy (non-hydrogen) atoms. The lowest BCUT2D eigenvalue weighted by atomic mass is 10.2. The van der Waals surface area contributed by atoms with Gasteiger partial charge < -0.3 is 4.57 Å². The third-order valence-electron chi connectivity index (χ3n) is 1.20. The molecule has 3 heteroatoms. The Morgan fingerprint density at radius 3 is 2.80 bits per heavy atom. The van der Waals surface area contributed by atoms with Crippen molar-refractivity contribution in [2.24, 2.45) is 6.98 Å². The van der Waals surface area contributed by atoms with Gasteiger partial charge in [-0.25, -0.2) is 0 Å². The minimum Gasteiger partial charge on any atom is -0.318 e. The number of aromatic nitrogens is 3. The van der Waals surface area contributed by atoms with Crippen molar-refractivity contribution in [3.63, 3.8) is 0 Å². The highest BCUT2D eigenvalue weighted by atomic mass is 15.3. The molecule has 1 heterocycles. The summed E-state index contributed by atoms with van der Waals surface area (Å²) in [5, 5.41) is 7.11. The predicted octanol–water partition coefficient (Wildman–Crippen LogP) is 1.25. The van der Waals surface area contributed by atoms with E-state index < -0.39 is 19.7 Å². The van der Waals surface area contributed by atoms with Crippen LogP contribution in [0.5, 0.6) is 0 Å². The molecule has 0 radical (unpaired) electrons. The number of nitrogens with zero attached hydrogens (tertiary/aromatic N) is 3. The SMILES string of the molecule is [2H]C([2H])([2H])c1nnc(C(C)C)n1C([2H])([2H])[2H]. The van der Waals surface area contributed by atoms with Crippen LogP contribution in [0.4, 0.5) is 0 Å². The summed E-state index contributed by atoms with van der Waals surface area (Å²) in [5.74, 6) is -0.536. The lowest BCUT2D eigenvalue weighted by molar-refractivity contribution is 0.700. The molecular formula is C7H13N3. The van der Waals surface area contributed by atoms with E-state index in [-0.39, 0.29) is 11.7 Å². The molecule has 0 saturated heterocycles. The minimum absolute atomic E-state index is 0.158. The quantitative estimate of drug-likeness (QED) is 0.595. The summed E-state index contributed by atoms with van der Waals surface area (Å²) in [6, 6.07) is 0. The lowest BCUT2D eigenvalue weighted by Crippen LogP contribution is -2.00. The van der Waals surface area contributed by atoms with Gasteiger partial charge in [0.1, 0.15) is 11.6 Å². The van der Waals surface area contributed by atoms with E-state index in [0.717, 1.165) is 4.57 Å². The van der Waals surface area contributed by atoms with Crippen LogP contribution in [0.2, 0.25) is 0 Å². The fraction of sp³-hybridized carbons (Fsp3) is 0.714. The molecule has 0 aliphatic carbocycles. The lowest BCUT2D eigenvalue weighted by Gasteiger charge is -2.02. The average Bonchev–Trinajstić information content (AvgIpc) is 2.43. The monoisotopic (exact) mass is 145 g/mol. The van der Waals surface area contributed by atoms with Crippen LogP contribution in [-0.2, 0) is 6.98 Å². The topological polar surface area (TPSA) is 30.7 Å². The van der Waals surface area contributed by atoms with Crippen LogP contribution in [0.25, 0.3) is 0 Å². The Balaban J connectivity index is 3.44. The zero-order chi connectivity index (χ0) is 12.7. The molecule has 0 saturated carbocycles. The molecule has 0 aromatic carbocycles. The predicted molar refractivity (Wildman–Crippen MR) is 39.8 cm³/mol. The fourth-order valence-electron chi connectivity index (χ4n) is 0.670. The van der Waals surface area contributed by atoms with E-state index in [4.69, 9.17) is 8.22 Å². The minimum atomic E-state index is -2.58. The highest BCUT2D eigenvalue weighted by Gasteiger charge is 2.07. The first-order valence-corrected chi connectivity index (χ1v) is 3.01. The van der Waals surface area contributed by atoms with Gasteiger partial charge in [-0.2, -0.15) is 0 Å². The second-order valence-corrected chi connectivity index (χ2v) is 2.37. The van der Waals surface area contributed by atoms with Crippen molar-refractivity contribution in [3.05, 3.63) is 11.6 Å². The largest absolute Gasteiger partial charge is 0.318 e. The molecule has 0 atom stereocenters. The van der Waals surface area contributed by atoms with Gasteiger partial charge in [-0.05, 0) is 6.85 Å². The molecule has 0 spiro atoms. The average molecular weight is 145 g/mol. The van der Waals surface area contributed by atoms with Crippen molar-refractivity contribution in [2.75, 3.05) is 0 Å². The maximum atomic E-state index is 7.31. The molecule has 0 N–H and O–H groups in total. The Morgan fingerprint density at radius 1 is 1.50 bits per heavy atom. The molecule has 56 valence electrons. The zero-order valence-electron chi connectivity index (χ0n) is 11.9. The molecule has 0 aliphatic rings. The Morgan fingerprint density at radius 2 is 2.30 bits per heavy atom. The van der Waals surface area contributed by atoms with Crippen LogP contribution >= 0.6 is 0 Å². The second kappa shape index (κ2) is 2.40. The van der Waals surface area contributed by atoms with Gasteiger partial charge in [-0.3, -0.25) is 0 Å². The van der Waals surface area contributed by atoms with Crippen molar-refractivity contribution in [3.8, 4) is 0 Å². The van der Waals surface area contributed by atoms with Crippen molar-refractivity contribution < 1.29 is 8.22 Å². The van der Waals surface area contributed by atoms with E-state index in [9.17, 15) is 0 Å². The van der Waals surface area contributed by atoms with E-state index in [1.165, 1.54) is 0 Å². The summed E-state index contributed by atoms with van der Waals surface area (Å²) < 4.78 is 44.3. The summed E-state index contributed by atoms with van der Waals surface area (Å²) in [6.07, 6.45) is 0. The molecule has 0 amide bonds. The van der Waals surface area contributed by atoms with Crippen LogP contribution < -0.4 is 0 Å². The van der Waals surface area contributed by atoms with Crippen LogP contribution in [0.15, 0.2) is 0 Å². The first kappa shape index (κ1) is 2.64. The van der Waals surface area contributed by atoms with Crippen molar-refractivity contribution in [1.82, 2.24) is 14.8 Å². The normalized spacial score (nSPS) is 22.3. The Hall–Kier alpha value is -0.860. The molecule has 1 aromatic heterocycles. The number of hydrogen-bond donors (Lipinski definition) is 0. The summed E-state index contributed by atoms with van der Waals surface area (Å²) in [6.45, 7) is -1.69. The zero-order valence-corrected chi connectivity index (χ0v) is 5.92. The summed E-state index contributed by atoms with van der Waals surface area (Å²) in [4.78, 5) is 0. The Bertz CT molecular complexity index is 374. The van der Waals surface area contributed by atoms with E-state index in [0.29, 0.717) is 0 Å². The van der Waals surface area contributed by atoms with Gasteiger partial charge in [0.15, 0.2) is 0 Å². The van der Waals surface area contributed by atoms with E-state index in [1.54, 1.807) is 13.8 Å². The van der Waals surface area contributed by atoms with Gasteiger partial charge in [0.25, 0.3) is 0 Å². The van der Waals surface area contributed by atoms with E-state index in [2.05, 4.69) is 10.2 Å². The Kier molecular flexibility index (Phi) is 0.635. The maximum Gasteiger partial charge on any atom is 0.135 e. The first-order valence-electron chi connectivity index (χ1n) is 6.01. The fourth-order valence-corrected chi connectivity index (χ4v) is 0.670. The van der Waals surface area contributed by atoms with Crippen LogP contribution in [0, 0.1) is 6.85 Å². The third-order valence-corrected chi connectivity index (χ3v) is 1.20. The molecule has 0 aliphatic heterocycles. The number of hydrogen-bond acceptors (Lipinski definition) is 2. The molecule has 0 bridgehead atoms. The van der Waals surface area contributed by atoms with Crippen LogP contribution in [-0.4, -0.2) is 14.8 Å². The van der Waals surface area contributed by atoms with Crippen molar-refractivity contribution in [2.45, 2.75) is 26.6 Å². The molecule has 1 rings (SSSR count). The van der Waals surface area contributed by atoms with E-state index in [1.807, 2.05) is 0 Å². The summed E-state index contributed by atoms with van der Waals surface area (Å²) >= 11 is 0. The molecule has 3 nitrogen and oxygen atoms in total. The number of aryl methyl sites for hydroxylation is 1. The van der Waals surface area contributed by atoms with Gasteiger partial charge in [0.2, 0.25) is 0 Å². The smallest absolute Gasteiger partial charge is 0.135 e.